The summed E-state index contributed by atoms with van der Waals surface area (Å²) >= 11 is 7.34. The van der Waals surface area contributed by atoms with Crippen molar-refractivity contribution in [1.82, 2.24) is 15.6 Å². The van der Waals surface area contributed by atoms with Gasteiger partial charge in [0, 0.05) is 16.1 Å². The molecule has 0 unspecified atom stereocenters. The van der Waals surface area contributed by atoms with E-state index in [4.69, 9.17) is 21.1 Å². The van der Waals surface area contributed by atoms with Gasteiger partial charge in [-0.25, -0.2) is 5.43 Å². The van der Waals surface area contributed by atoms with Crippen LogP contribution in [0.4, 0.5) is 5.13 Å². The number of carbonyl (C=O) groups is 2. The van der Waals surface area contributed by atoms with E-state index >= 15 is 0 Å². The molecule has 0 saturated heterocycles. The van der Waals surface area contributed by atoms with Crippen molar-refractivity contribution < 1.29 is 19.1 Å². The molecular weight excluding hydrogens is 538 g/mol. The lowest BCUT2D eigenvalue weighted by Gasteiger charge is -2.13. The quantitative estimate of drug-likeness (QED) is 0.186. The number of benzene rings is 3. The van der Waals surface area contributed by atoms with E-state index in [1.54, 1.807) is 30.3 Å². The first-order chi connectivity index (χ1) is 18.9. The minimum Gasteiger partial charge on any atom is -0.490 e. The Kier molecular flexibility index (Phi) is 9.60. The molecule has 2 amide bonds. The zero-order chi connectivity index (χ0) is 27.6. The number of ether oxygens (including phenoxy) is 2. The van der Waals surface area contributed by atoms with E-state index in [9.17, 15) is 9.59 Å². The summed E-state index contributed by atoms with van der Waals surface area (Å²) in [6.07, 6.45) is 1.47. The number of carbonyl (C=O) groups excluding carboxylic acids is 2. The van der Waals surface area contributed by atoms with Crippen molar-refractivity contribution in [2.45, 2.75) is 26.9 Å². The molecule has 0 aliphatic rings. The highest BCUT2D eigenvalue weighted by molar-refractivity contribution is 7.15. The van der Waals surface area contributed by atoms with E-state index in [1.165, 1.54) is 6.21 Å². The number of hydrazone groups is 1. The van der Waals surface area contributed by atoms with Gasteiger partial charge in [0.1, 0.15) is 11.6 Å². The summed E-state index contributed by atoms with van der Waals surface area (Å²) < 4.78 is 11.6. The fourth-order valence-corrected chi connectivity index (χ4v) is 4.41. The maximum atomic E-state index is 12.5. The average molecular weight is 564 g/mol. The molecule has 1 aromatic heterocycles. The highest BCUT2D eigenvalue weighted by Gasteiger charge is 2.14. The van der Waals surface area contributed by atoms with Crippen LogP contribution in [0, 0.1) is 6.92 Å². The van der Waals surface area contributed by atoms with Crippen molar-refractivity contribution in [2.75, 3.05) is 11.9 Å². The molecule has 0 saturated carbocycles. The normalized spacial score (nSPS) is 10.8. The Morgan fingerprint density at radius 3 is 2.62 bits per heavy atom. The van der Waals surface area contributed by atoms with Gasteiger partial charge in [-0.2, -0.15) is 5.10 Å². The Bertz CT molecular complexity index is 1490. The molecule has 0 spiro atoms. The van der Waals surface area contributed by atoms with Crippen molar-refractivity contribution >= 4 is 46.1 Å². The predicted molar refractivity (Wildman–Crippen MR) is 152 cm³/mol. The third-order valence-electron chi connectivity index (χ3n) is 5.40. The smallest absolute Gasteiger partial charge is 0.257 e. The van der Waals surface area contributed by atoms with E-state index in [0.29, 0.717) is 51.0 Å². The standard InChI is InChI=1S/C28H26ClN5O4S/c1-3-37-24-14-19(12-13-23(24)38-17-20-9-5-7-11-22(20)29)16-30-32-25(35)15-26-33-34-28(39-26)31-27(36)21-10-6-4-8-18(21)2/h4-14,16H,3,15,17H2,1-2H3,(H,32,35)(H,31,34,36)/b30-16+. The molecule has 4 aromatic rings. The minimum absolute atomic E-state index is 0.0335. The number of aryl methyl sites for hydroxylation is 1. The van der Waals surface area contributed by atoms with Crippen LogP contribution in [-0.2, 0) is 17.8 Å². The van der Waals surface area contributed by atoms with E-state index in [2.05, 4.69) is 26.0 Å². The number of amides is 2. The summed E-state index contributed by atoms with van der Waals surface area (Å²) in [5.74, 6) is 0.467. The summed E-state index contributed by atoms with van der Waals surface area (Å²) in [6, 6.07) is 20.1. The van der Waals surface area contributed by atoms with E-state index in [-0.39, 0.29) is 18.2 Å². The van der Waals surface area contributed by atoms with Gasteiger partial charge in [-0.05, 0) is 55.3 Å². The molecule has 9 nitrogen and oxygen atoms in total. The SMILES string of the molecule is CCOc1cc(/C=N/NC(=O)Cc2nnc(NC(=O)c3ccccc3C)s2)ccc1OCc1ccccc1Cl. The lowest BCUT2D eigenvalue weighted by atomic mass is 10.1. The summed E-state index contributed by atoms with van der Waals surface area (Å²) in [7, 11) is 0. The Balaban J connectivity index is 1.30. The van der Waals surface area contributed by atoms with Gasteiger partial charge in [0.25, 0.3) is 5.91 Å². The second kappa shape index (κ2) is 13.5. The minimum atomic E-state index is -0.371. The molecule has 0 fully saturated rings. The molecule has 0 bridgehead atoms. The van der Waals surface area contributed by atoms with Crippen LogP contribution >= 0.6 is 22.9 Å². The first-order valence-corrected chi connectivity index (χ1v) is 13.3. The van der Waals surface area contributed by atoms with Gasteiger partial charge >= 0.3 is 0 Å². The van der Waals surface area contributed by atoms with Crippen molar-refractivity contribution in [2.24, 2.45) is 5.10 Å². The first-order valence-electron chi connectivity index (χ1n) is 12.1. The lowest BCUT2D eigenvalue weighted by molar-refractivity contribution is -0.120. The summed E-state index contributed by atoms with van der Waals surface area (Å²) in [6.45, 7) is 4.49. The molecule has 2 N–H and O–H groups in total. The van der Waals surface area contributed by atoms with Crippen LogP contribution in [0.3, 0.4) is 0 Å². The molecule has 39 heavy (non-hydrogen) atoms. The molecule has 200 valence electrons. The monoisotopic (exact) mass is 563 g/mol. The van der Waals surface area contributed by atoms with Crippen molar-refractivity contribution in [1.29, 1.82) is 0 Å². The topological polar surface area (TPSA) is 115 Å². The summed E-state index contributed by atoms with van der Waals surface area (Å²) in [4.78, 5) is 24.8. The molecular formula is C28H26ClN5O4S. The van der Waals surface area contributed by atoms with Crippen LogP contribution in [0.1, 0.15) is 39.0 Å². The molecule has 11 heteroatoms. The molecule has 0 radical (unpaired) electrons. The zero-order valence-electron chi connectivity index (χ0n) is 21.3. The Hall–Kier alpha value is -4.28. The van der Waals surface area contributed by atoms with Gasteiger partial charge in [-0.1, -0.05) is 59.3 Å². The third kappa shape index (κ3) is 7.86. The number of rotatable bonds is 11. The zero-order valence-corrected chi connectivity index (χ0v) is 22.9. The van der Waals surface area contributed by atoms with E-state index < -0.39 is 0 Å². The maximum Gasteiger partial charge on any atom is 0.257 e. The fourth-order valence-electron chi connectivity index (χ4n) is 3.49. The van der Waals surface area contributed by atoms with Gasteiger partial charge in [0.15, 0.2) is 11.5 Å². The highest BCUT2D eigenvalue weighted by Crippen LogP contribution is 2.29. The molecule has 4 rings (SSSR count). The Labute approximate surface area is 234 Å². The van der Waals surface area contributed by atoms with Gasteiger partial charge in [0.2, 0.25) is 11.0 Å². The van der Waals surface area contributed by atoms with Crippen molar-refractivity contribution in [3.8, 4) is 11.5 Å². The van der Waals surface area contributed by atoms with Crippen LogP contribution in [-0.4, -0.2) is 34.8 Å². The number of anilines is 1. The van der Waals surface area contributed by atoms with Crippen molar-refractivity contribution in [3.63, 3.8) is 0 Å². The number of hydrogen-bond donors (Lipinski definition) is 2. The number of hydrogen-bond acceptors (Lipinski definition) is 8. The number of halogens is 1. The second-order valence-electron chi connectivity index (χ2n) is 8.26. The summed E-state index contributed by atoms with van der Waals surface area (Å²) in [5.41, 5.74) is 5.45. The lowest BCUT2D eigenvalue weighted by Crippen LogP contribution is -2.19. The Morgan fingerprint density at radius 2 is 1.82 bits per heavy atom. The number of aromatic nitrogens is 2. The van der Waals surface area contributed by atoms with Crippen LogP contribution < -0.4 is 20.2 Å². The first kappa shape index (κ1) is 27.7. The molecule has 1 heterocycles. The predicted octanol–water partition coefficient (Wildman–Crippen LogP) is 5.42. The molecule has 0 aliphatic heterocycles. The number of nitrogens with zero attached hydrogens (tertiary/aromatic N) is 3. The van der Waals surface area contributed by atoms with Crippen LogP contribution in [0.2, 0.25) is 5.02 Å². The summed E-state index contributed by atoms with van der Waals surface area (Å²) in [5, 5.41) is 16.1. The second-order valence-corrected chi connectivity index (χ2v) is 9.73. The van der Waals surface area contributed by atoms with Gasteiger partial charge in [0.05, 0.1) is 19.2 Å². The third-order valence-corrected chi connectivity index (χ3v) is 6.61. The van der Waals surface area contributed by atoms with Crippen LogP contribution in [0.15, 0.2) is 71.8 Å². The molecule has 0 aliphatic carbocycles. The van der Waals surface area contributed by atoms with Crippen LogP contribution in [0.5, 0.6) is 11.5 Å². The molecule has 3 aromatic carbocycles. The largest absolute Gasteiger partial charge is 0.490 e. The van der Waals surface area contributed by atoms with Gasteiger partial charge in [-0.3, -0.25) is 14.9 Å². The van der Waals surface area contributed by atoms with E-state index in [0.717, 1.165) is 22.5 Å². The molecule has 0 atom stereocenters. The number of nitrogens with one attached hydrogen (secondary N) is 2. The van der Waals surface area contributed by atoms with E-state index in [1.807, 2.05) is 50.2 Å². The van der Waals surface area contributed by atoms with Gasteiger partial charge in [-0.15, -0.1) is 10.2 Å². The highest BCUT2D eigenvalue weighted by atomic mass is 35.5. The van der Waals surface area contributed by atoms with Crippen LogP contribution in [0.25, 0.3) is 0 Å². The van der Waals surface area contributed by atoms with Crippen molar-refractivity contribution in [3.05, 3.63) is 99.0 Å². The fraction of sp³-hybridized carbons (Fsp3) is 0.179. The Morgan fingerprint density at radius 1 is 1.03 bits per heavy atom. The average Bonchev–Trinajstić information content (AvgIpc) is 3.35. The maximum absolute atomic E-state index is 12.5. The van der Waals surface area contributed by atoms with Gasteiger partial charge < -0.3 is 9.47 Å².